The number of carbonyl (C=O) groups excluding carboxylic acids is 1. The number of carbonyl (C=O) groups is 1. The number of benzene rings is 4. The molecular weight excluding hydrogens is 520 g/mol. The first-order valence-electron chi connectivity index (χ1n) is 12.6. The topological polar surface area (TPSA) is 45.1 Å². The minimum absolute atomic E-state index is 0. The number of rotatable bonds is 7. The first kappa shape index (κ1) is 29.1. The molecule has 39 heavy (non-hydrogen) atoms. The third-order valence-electron chi connectivity index (χ3n) is 7.25. The van der Waals surface area contributed by atoms with Crippen molar-refractivity contribution in [2.75, 3.05) is 0 Å². The Morgan fingerprint density at radius 1 is 0.897 bits per heavy atom. The molecule has 5 rings (SSSR count). The van der Waals surface area contributed by atoms with E-state index in [1.165, 1.54) is 0 Å². The van der Waals surface area contributed by atoms with Crippen molar-refractivity contribution in [3.63, 3.8) is 0 Å². The maximum atomic E-state index is 15.1. The number of aliphatic carboxylic acids is 1. The van der Waals surface area contributed by atoms with Crippen molar-refractivity contribution in [3.8, 4) is 22.3 Å². The molecular formula is C33H28ClFNNaO2. The van der Waals surface area contributed by atoms with Crippen LogP contribution in [0.5, 0.6) is 0 Å². The molecule has 4 aromatic carbocycles. The fourth-order valence-corrected chi connectivity index (χ4v) is 5.10. The van der Waals surface area contributed by atoms with E-state index < -0.39 is 11.4 Å². The normalized spacial score (nSPS) is 11.4. The Balaban J connectivity index is 0.00000353. The molecule has 0 atom stereocenters. The Hall–Kier alpha value is -2.89. The molecule has 0 aliphatic heterocycles. The van der Waals surface area contributed by atoms with Gasteiger partial charge in [-0.3, -0.25) is 0 Å². The van der Waals surface area contributed by atoms with E-state index in [1.54, 1.807) is 19.9 Å². The van der Waals surface area contributed by atoms with Crippen LogP contribution in [0.3, 0.4) is 0 Å². The van der Waals surface area contributed by atoms with E-state index in [0.717, 1.165) is 44.4 Å². The molecule has 0 N–H and O–H groups in total. The summed E-state index contributed by atoms with van der Waals surface area (Å²) in [5, 5.41) is 13.6. The Labute approximate surface area is 255 Å². The molecule has 6 heteroatoms. The van der Waals surface area contributed by atoms with Gasteiger partial charge in [-0.05, 0) is 71.5 Å². The zero-order valence-electron chi connectivity index (χ0n) is 22.6. The Morgan fingerprint density at radius 3 is 2.18 bits per heavy atom. The summed E-state index contributed by atoms with van der Waals surface area (Å²) in [6.45, 7) is 5.97. The molecule has 1 aromatic heterocycles. The van der Waals surface area contributed by atoms with Crippen molar-refractivity contribution in [1.29, 1.82) is 0 Å². The number of fused-ring (bicyclic) bond motifs is 1. The smallest absolute Gasteiger partial charge is 0.550 e. The Kier molecular flexibility index (Phi) is 8.72. The van der Waals surface area contributed by atoms with E-state index in [2.05, 4.69) is 10.6 Å². The number of hydrogen-bond acceptors (Lipinski definition) is 2. The first-order valence-corrected chi connectivity index (χ1v) is 12.9. The van der Waals surface area contributed by atoms with Crippen molar-refractivity contribution < 1.29 is 43.8 Å². The van der Waals surface area contributed by atoms with Gasteiger partial charge in [-0.15, -0.1) is 0 Å². The number of aryl methyl sites for hydroxylation is 1. The average Bonchev–Trinajstić information content (AvgIpc) is 3.15. The van der Waals surface area contributed by atoms with Gasteiger partial charge in [-0.2, -0.15) is 0 Å². The van der Waals surface area contributed by atoms with Gasteiger partial charge in [0, 0.05) is 45.1 Å². The monoisotopic (exact) mass is 547 g/mol. The molecule has 3 nitrogen and oxygen atoms in total. The fraction of sp³-hybridized carbons (Fsp3) is 0.182. The fourth-order valence-electron chi connectivity index (χ4n) is 4.97. The molecule has 0 radical (unpaired) electrons. The van der Waals surface area contributed by atoms with E-state index in [9.17, 15) is 9.90 Å². The maximum Gasteiger partial charge on any atom is 1.00 e. The van der Waals surface area contributed by atoms with E-state index in [1.807, 2.05) is 85.8 Å². The van der Waals surface area contributed by atoms with Crippen LogP contribution in [0.1, 0.15) is 30.7 Å². The maximum absolute atomic E-state index is 15.1. The van der Waals surface area contributed by atoms with Crippen LogP contribution in [0.4, 0.5) is 4.39 Å². The van der Waals surface area contributed by atoms with Crippen LogP contribution in [-0.2, 0) is 17.8 Å². The molecule has 0 saturated carbocycles. The SMILES string of the molecule is Cc1c(CC(C)(C)C(=O)[O-])n(Cc2ccc(Cl)cc2)c2ccc(-c3ccc(-c4ccccc4)c(F)c3)cc12.[Na+]. The number of carboxylic acids is 1. The molecule has 0 aliphatic rings. The molecule has 0 amide bonds. The number of carboxylic acid groups (broad SMARTS) is 1. The molecule has 5 aromatic rings. The third kappa shape index (κ3) is 6.00. The second-order valence-electron chi connectivity index (χ2n) is 10.4. The van der Waals surface area contributed by atoms with Gasteiger partial charge in [0.25, 0.3) is 0 Å². The van der Waals surface area contributed by atoms with Crippen LogP contribution >= 0.6 is 11.6 Å². The summed E-state index contributed by atoms with van der Waals surface area (Å²) in [5.41, 5.74) is 6.02. The van der Waals surface area contributed by atoms with Gasteiger partial charge in [0.2, 0.25) is 0 Å². The first-order chi connectivity index (χ1) is 18.1. The van der Waals surface area contributed by atoms with Gasteiger partial charge >= 0.3 is 29.6 Å². The molecule has 0 aliphatic carbocycles. The van der Waals surface area contributed by atoms with E-state index in [4.69, 9.17) is 11.6 Å². The van der Waals surface area contributed by atoms with Crippen LogP contribution < -0.4 is 34.7 Å². The van der Waals surface area contributed by atoms with Crippen LogP contribution in [-0.4, -0.2) is 10.5 Å². The number of aromatic nitrogens is 1. The summed E-state index contributed by atoms with van der Waals surface area (Å²) in [6.07, 6.45) is 0.319. The van der Waals surface area contributed by atoms with Gasteiger partial charge in [-0.25, -0.2) is 4.39 Å². The minimum atomic E-state index is -1.09. The van der Waals surface area contributed by atoms with E-state index in [-0.39, 0.29) is 35.4 Å². The summed E-state index contributed by atoms with van der Waals surface area (Å²) in [5.74, 6) is -1.36. The van der Waals surface area contributed by atoms with Crippen molar-refractivity contribution >= 4 is 28.5 Å². The van der Waals surface area contributed by atoms with Crippen LogP contribution in [0.15, 0.2) is 91.0 Å². The molecule has 192 valence electrons. The number of halogens is 2. The molecule has 0 unspecified atom stereocenters. The Bertz CT molecular complexity index is 1640. The van der Waals surface area contributed by atoms with Crippen molar-refractivity contribution in [3.05, 3.63) is 119 Å². The number of nitrogens with zero attached hydrogens (tertiary/aromatic N) is 1. The van der Waals surface area contributed by atoms with Crippen molar-refractivity contribution in [2.24, 2.45) is 5.41 Å². The summed E-state index contributed by atoms with van der Waals surface area (Å²) >= 11 is 6.09. The van der Waals surface area contributed by atoms with Gasteiger partial charge in [0.1, 0.15) is 5.82 Å². The second-order valence-corrected chi connectivity index (χ2v) is 10.9. The largest absolute Gasteiger partial charge is 1.00 e. The second kappa shape index (κ2) is 11.7. The molecule has 0 fully saturated rings. The molecule has 0 spiro atoms. The number of hydrogen-bond donors (Lipinski definition) is 0. The molecule has 0 saturated heterocycles. The van der Waals surface area contributed by atoms with Crippen LogP contribution in [0.2, 0.25) is 5.02 Å². The standard InChI is InChI=1S/C33H29ClFNO2.Na/c1-21-28-17-24(25-11-15-27(29(35)18-25)23-7-5-4-6-8-23)12-16-30(28)36(20-22-9-13-26(34)14-10-22)31(21)19-33(2,3)32(37)38;/h4-18H,19-20H2,1-3H3,(H,37,38);/q;+1/p-1. The average molecular weight is 548 g/mol. The van der Waals surface area contributed by atoms with Crippen LogP contribution in [0, 0.1) is 18.2 Å². The third-order valence-corrected chi connectivity index (χ3v) is 7.51. The van der Waals surface area contributed by atoms with Crippen LogP contribution in [0.25, 0.3) is 33.2 Å². The van der Waals surface area contributed by atoms with Crippen molar-refractivity contribution in [1.82, 2.24) is 4.57 Å². The minimum Gasteiger partial charge on any atom is -0.550 e. The zero-order chi connectivity index (χ0) is 27.0. The van der Waals surface area contributed by atoms with Crippen molar-refractivity contribution in [2.45, 2.75) is 33.7 Å². The summed E-state index contributed by atoms with van der Waals surface area (Å²) in [6, 6.07) is 28.6. The van der Waals surface area contributed by atoms with E-state index >= 15 is 4.39 Å². The quantitative estimate of drug-likeness (QED) is 0.283. The van der Waals surface area contributed by atoms with E-state index in [0.29, 0.717) is 23.6 Å². The molecule has 1 heterocycles. The predicted molar refractivity (Wildman–Crippen MR) is 151 cm³/mol. The predicted octanol–water partition coefficient (Wildman–Crippen LogP) is 4.45. The summed E-state index contributed by atoms with van der Waals surface area (Å²) in [4.78, 5) is 11.9. The molecule has 0 bridgehead atoms. The zero-order valence-corrected chi connectivity index (χ0v) is 25.4. The Morgan fingerprint density at radius 2 is 1.54 bits per heavy atom. The van der Waals surface area contributed by atoms with Gasteiger partial charge in [-0.1, -0.05) is 86.1 Å². The summed E-state index contributed by atoms with van der Waals surface area (Å²) < 4.78 is 17.3. The van der Waals surface area contributed by atoms with Gasteiger partial charge in [0.05, 0.1) is 0 Å². The van der Waals surface area contributed by atoms with Gasteiger partial charge in [0.15, 0.2) is 0 Å². The van der Waals surface area contributed by atoms with Gasteiger partial charge < -0.3 is 14.5 Å². The summed E-state index contributed by atoms with van der Waals surface area (Å²) in [7, 11) is 0.